The zero-order valence-electron chi connectivity index (χ0n) is 11.2. The first kappa shape index (κ1) is 14.5. The van der Waals surface area contributed by atoms with Crippen LogP contribution < -0.4 is 0 Å². The van der Waals surface area contributed by atoms with Gasteiger partial charge in [-0.3, -0.25) is 9.69 Å². The van der Waals surface area contributed by atoms with Crippen LogP contribution >= 0.6 is 0 Å². The van der Waals surface area contributed by atoms with Crippen molar-refractivity contribution in [1.29, 1.82) is 0 Å². The summed E-state index contributed by atoms with van der Waals surface area (Å²) < 4.78 is 0. The minimum atomic E-state index is 0.243. The van der Waals surface area contributed by atoms with Crippen molar-refractivity contribution in [3.8, 4) is 0 Å². The Kier molecular flexibility index (Phi) is 6.52. The van der Waals surface area contributed by atoms with Crippen LogP contribution in [0.15, 0.2) is 0 Å². The number of carbonyl (C=O) groups is 1. The Morgan fingerprint density at radius 1 is 1.35 bits per heavy atom. The summed E-state index contributed by atoms with van der Waals surface area (Å²) in [5.74, 6) is 0.612. The van der Waals surface area contributed by atoms with Gasteiger partial charge in [-0.1, -0.05) is 13.8 Å². The molecule has 0 aromatic heterocycles. The Morgan fingerprint density at radius 3 is 2.47 bits per heavy atom. The first-order valence-corrected chi connectivity index (χ1v) is 6.82. The summed E-state index contributed by atoms with van der Waals surface area (Å²) in [6.45, 7) is 8.53. The minimum absolute atomic E-state index is 0.243. The van der Waals surface area contributed by atoms with E-state index in [0.29, 0.717) is 12.5 Å². The number of rotatable bonds is 7. The lowest BCUT2D eigenvalue weighted by Gasteiger charge is -2.24. The normalized spacial score (nSPS) is 20.8. The third-order valence-electron chi connectivity index (χ3n) is 3.33. The smallest absolute Gasteiger partial charge is 0.236 e. The lowest BCUT2D eigenvalue weighted by atomic mass is 10.1. The number of carbonyl (C=O) groups excluding carboxylic acids is 1. The molecule has 4 nitrogen and oxygen atoms in total. The molecule has 0 bridgehead atoms. The molecule has 100 valence electrons. The fourth-order valence-electron chi connectivity index (χ4n) is 2.40. The van der Waals surface area contributed by atoms with Crippen molar-refractivity contribution in [3.05, 3.63) is 0 Å². The largest absolute Gasteiger partial charge is 0.396 e. The molecule has 1 saturated heterocycles. The molecule has 1 aliphatic heterocycles. The van der Waals surface area contributed by atoms with Crippen molar-refractivity contribution < 1.29 is 9.90 Å². The van der Waals surface area contributed by atoms with Gasteiger partial charge in [0.15, 0.2) is 0 Å². The molecule has 0 aliphatic carbocycles. The zero-order valence-corrected chi connectivity index (χ0v) is 11.2. The van der Waals surface area contributed by atoms with Crippen LogP contribution in [0.4, 0.5) is 0 Å². The Morgan fingerprint density at radius 2 is 2.00 bits per heavy atom. The van der Waals surface area contributed by atoms with E-state index in [0.717, 1.165) is 45.4 Å². The summed E-state index contributed by atoms with van der Waals surface area (Å²) in [4.78, 5) is 16.2. The van der Waals surface area contributed by atoms with E-state index in [1.807, 2.05) is 4.90 Å². The molecule has 1 rings (SSSR count). The number of likely N-dealkylation sites (tertiary alicyclic amines) is 1. The number of nitrogens with zero attached hydrogens (tertiary/aromatic N) is 2. The van der Waals surface area contributed by atoms with Gasteiger partial charge in [0.25, 0.3) is 0 Å². The van der Waals surface area contributed by atoms with Crippen LogP contribution in [-0.4, -0.2) is 60.1 Å². The highest BCUT2D eigenvalue weighted by atomic mass is 16.3. The predicted molar refractivity (Wildman–Crippen MR) is 68.8 cm³/mol. The van der Waals surface area contributed by atoms with Crippen LogP contribution in [0.5, 0.6) is 0 Å². The van der Waals surface area contributed by atoms with Gasteiger partial charge in [0.05, 0.1) is 6.54 Å². The van der Waals surface area contributed by atoms with Gasteiger partial charge in [-0.25, -0.2) is 0 Å². The van der Waals surface area contributed by atoms with Gasteiger partial charge < -0.3 is 10.0 Å². The van der Waals surface area contributed by atoms with E-state index in [1.54, 1.807) is 0 Å². The van der Waals surface area contributed by atoms with Crippen LogP contribution in [0.2, 0.25) is 0 Å². The molecular weight excluding hydrogens is 216 g/mol. The Bertz CT molecular complexity index is 227. The van der Waals surface area contributed by atoms with Crippen molar-refractivity contribution >= 4 is 5.91 Å². The number of hydrogen-bond acceptors (Lipinski definition) is 3. The molecular formula is C13H26N2O2. The van der Waals surface area contributed by atoms with Gasteiger partial charge in [-0.05, 0) is 31.7 Å². The third-order valence-corrected chi connectivity index (χ3v) is 3.33. The van der Waals surface area contributed by atoms with Crippen LogP contribution in [0, 0.1) is 5.92 Å². The Balaban J connectivity index is 2.36. The summed E-state index contributed by atoms with van der Waals surface area (Å²) in [5.41, 5.74) is 0. The second-order valence-electron chi connectivity index (χ2n) is 4.95. The van der Waals surface area contributed by atoms with Gasteiger partial charge in [0, 0.05) is 26.2 Å². The average Bonchev–Trinajstić information content (AvgIpc) is 2.76. The first-order chi connectivity index (χ1) is 8.21. The zero-order chi connectivity index (χ0) is 12.7. The summed E-state index contributed by atoms with van der Waals surface area (Å²) in [7, 11) is 0. The maximum atomic E-state index is 12.1. The van der Waals surface area contributed by atoms with Crippen molar-refractivity contribution in [2.24, 2.45) is 5.92 Å². The second-order valence-corrected chi connectivity index (χ2v) is 4.95. The highest BCUT2D eigenvalue weighted by Gasteiger charge is 2.24. The fourth-order valence-corrected chi connectivity index (χ4v) is 2.40. The Hall–Kier alpha value is -0.610. The lowest BCUT2D eigenvalue weighted by molar-refractivity contribution is -0.132. The second kappa shape index (κ2) is 7.67. The molecule has 0 radical (unpaired) electrons. The van der Waals surface area contributed by atoms with E-state index >= 15 is 0 Å². The van der Waals surface area contributed by atoms with Crippen LogP contribution in [0.3, 0.4) is 0 Å². The maximum absolute atomic E-state index is 12.1. The third kappa shape index (κ3) is 4.64. The van der Waals surface area contributed by atoms with Gasteiger partial charge in [0.2, 0.25) is 5.91 Å². The van der Waals surface area contributed by atoms with Crippen molar-refractivity contribution in [3.63, 3.8) is 0 Å². The highest BCUT2D eigenvalue weighted by molar-refractivity contribution is 5.78. The molecule has 1 N–H and O–H groups in total. The van der Waals surface area contributed by atoms with Crippen molar-refractivity contribution in [2.75, 3.05) is 39.3 Å². The summed E-state index contributed by atoms with van der Waals surface area (Å²) in [5, 5.41) is 9.07. The van der Waals surface area contributed by atoms with Gasteiger partial charge in [0.1, 0.15) is 0 Å². The van der Waals surface area contributed by atoms with Gasteiger partial charge in [-0.2, -0.15) is 0 Å². The van der Waals surface area contributed by atoms with E-state index in [2.05, 4.69) is 18.7 Å². The molecule has 4 heteroatoms. The molecule has 1 amide bonds. The first-order valence-electron chi connectivity index (χ1n) is 6.82. The molecule has 1 atom stereocenters. The average molecular weight is 242 g/mol. The number of amides is 1. The van der Waals surface area contributed by atoms with Crippen LogP contribution in [-0.2, 0) is 4.79 Å². The highest BCUT2D eigenvalue weighted by Crippen LogP contribution is 2.15. The van der Waals surface area contributed by atoms with E-state index in [-0.39, 0.29) is 12.5 Å². The lowest BCUT2D eigenvalue weighted by Crippen LogP contribution is -2.40. The Labute approximate surface area is 105 Å². The standard InChI is InChI=1S/C13H26N2O2/c1-3-6-15(7-4-2)13(17)10-14-8-5-12(9-14)11-16/h12,16H,3-11H2,1-2H3/t12-/m0/s1. The summed E-state index contributed by atoms with van der Waals surface area (Å²) >= 11 is 0. The minimum Gasteiger partial charge on any atom is -0.396 e. The predicted octanol–water partition coefficient (Wildman–Crippen LogP) is 0.949. The molecule has 1 fully saturated rings. The molecule has 0 spiro atoms. The van der Waals surface area contributed by atoms with E-state index in [1.165, 1.54) is 0 Å². The molecule has 1 heterocycles. The van der Waals surface area contributed by atoms with Crippen LogP contribution in [0.25, 0.3) is 0 Å². The fraction of sp³-hybridized carbons (Fsp3) is 0.923. The van der Waals surface area contributed by atoms with Crippen LogP contribution in [0.1, 0.15) is 33.1 Å². The summed E-state index contributed by atoms with van der Waals surface area (Å²) in [6, 6.07) is 0. The van der Waals surface area contributed by atoms with Crippen molar-refractivity contribution in [2.45, 2.75) is 33.1 Å². The number of aliphatic hydroxyl groups excluding tert-OH is 1. The van der Waals surface area contributed by atoms with E-state index in [9.17, 15) is 4.79 Å². The quantitative estimate of drug-likeness (QED) is 0.723. The maximum Gasteiger partial charge on any atom is 0.236 e. The molecule has 17 heavy (non-hydrogen) atoms. The van der Waals surface area contributed by atoms with Gasteiger partial charge in [-0.15, -0.1) is 0 Å². The summed E-state index contributed by atoms with van der Waals surface area (Å²) in [6.07, 6.45) is 3.06. The number of aliphatic hydroxyl groups is 1. The molecule has 0 aromatic carbocycles. The molecule has 1 aliphatic rings. The molecule has 0 aromatic rings. The van der Waals surface area contributed by atoms with Gasteiger partial charge >= 0.3 is 0 Å². The van der Waals surface area contributed by atoms with E-state index in [4.69, 9.17) is 5.11 Å². The van der Waals surface area contributed by atoms with Crippen molar-refractivity contribution in [1.82, 2.24) is 9.80 Å². The SMILES string of the molecule is CCCN(CCC)C(=O)CN1CC[C@H](CO)C1. The molecule has 0 saturated carbocycles. The number of hydrogen-bond donors (Lipinski definition) is 1. The van der Waals surface area contributed by atoms with E-state index < -0.39 is 0 Å². The monoisotopic (exact) mass is 242 g/mol. The topological polar surface area (TPSA) is 43.8 Å². The molecule has 0 unspecified atom stereocenters.